The van der Waals surface area contributed by atoms with Gasteiger partial charge in [0, 0.05) is 26.4 Å². The zero-order valence-corrected chi connectivity index (χ0v) is 18.8. The van der Waals surface area contributed by atoms with Crippen molar-refractivity contribution >= 4 is 30.6 Å². The van der Waals surface area contributed by atoms with Crippen LogP contribution in [0.1, 0.15) is 13.0 Å². The van der Waals surface area contributed by atoms with Gasteiger partial charge < -0.3 is 9.84 Å². The van der Waals surface area contributed by atoms with Crippen LogP contribution in [0.25, 0.3) is 22.2 Å². The number of rotatable bonds is 8. The molecule has 0 saturated carbocycles. The van der Waals surface area contributed by atoms with Crippen LogP contribution < -0.4 is 5.56 Å². The molecule has 0 spiro atoms. The minimum Gasteiger partial charge on any atom is -0.394 e. The van der Waals surface area contributed by atoms with Crippen molar-refractivity contribution in [2.75, 3.05) is 13.2 Å². The van der Waals surface area contributed by atoms with E-state index in [2.05, 4.69) is 34.7 Å². The Kier molecular flexibility index (Phi) is 6.52. The summed E-state index contributed by atoms with van der Waals surface area (Å²) in [7, 11) is -1.14. The number of hydrogen-bond donors (Lipinski definition) is 1. The highest BCUT2D eigenvalue weighted by molar-refractivity contribution is 6.76. The van der Waals surface area contributed by atoms with Gasteiger partial charge in [-0.2, -0.15) is 5.10 Å². The molecule has 0 aliphatic carbocycles. The van der Waals surface area contributed by atoms with Gasteiger partial charge in [-0.25, -0.2) is 14.6 Å². The summed E-state index contributed by atoms with van der Waals surface area (Å²) in [5, 5.41) is 14.2. The van der Waals surface area contributed by atoms with E-state index < -0.39 is 8.07 Å². The lowest BCUT2D eigenvalue weighted by Crippen LogP contribution is -2.25. The van der Waals surface area contributed by atoms with E-state index in [-0.39, 0.29) is 23.4 Å². The Morgan fingerprint density at radius 1 is 1.34 bits per heavy atom. The van der Waals surface area contributed by atoms with Crippen LogP contribution in [0.4, 0.5) is 0 Å². The summed E-state index contributed by atoms with van der Waals surface area (Å²) in [6.45, 7) is 9.54. The first-order valence-corrected chi connectivity index (χ1v) is 13.6. The molecule has 0 radical (unpaired) electrons. The number of nitrogens with zero attached hydrogens (tertiary/aromatic N) is 5. The van der Waals surface area contributed by atoms with E-state index in [4.69, 9.17) is 16.3 Å². The summed E-state index contributed by atoms with van der Waals surface area (Å²) < 4.78 is 8.80. The minimum atomic E-state index is -1.14. The molecule has 0 fully saturated rings. The topological polar surface area (TPSA) is 95.1 Å². The maximum absolute atomic E-state index is 12.8. The lowest BCUT2D eigenvalue weighted by molar-refractivity contribution is 0.0786. The Labute approximate surface area is 175 Å². The monoisotopic (exact) mass is 435 g/mol. The van der Waals surface area contributed by atoms with Crippen molar-refractivity contribution in [3.63, 3.8) is 0 Å². The molecule has 0 amide bonds. The van der Waals surface area contributed by atoms with Crippen LogP contribution >= 0.6 is 11.6 Å². The molecule has 10 heteroatoms. The van der Waals surface area contributed by atoms with Gasteiger partial charge in [-0.3, -0.25) is 9.36 Å². The summed E-state index contributed by atoms with van der Waals surface area (Å²) in [6.07, 6.45) is 4.88. The van der Waals surface area contributed by atoms with E-state index in [1.165, 1.54) is 17.0 Å². The van der Waals surface area contributed by atoms with Gasteiger partial charge in [0.2, 0.25) is 0 Å². The zero-order chi connectivity index (χ0) is 21.2. The Hall–Kier alpha value is -2.07. The van der Waals surface area contributed by atoms with Gasteiger partial charge in [0.05, 0.1) is 30.6 Å². The summed E-state index contributed by atoms with van der Waals surface area (Å²) in [4.78, 5) is 21.6. The lowest BCUT2D eigenvalue weighted by Gasteiger charge is -2.15. The third-order valence-electron chi connectivity index (χ3n) is 4.60. The highest BCUT2D eigenvalue weighted by atomic mass is 35.5. The molecule has 1 N–H and O–H groups in total. The first kappa shape index (κ1) is 21.6. The van der Waals surface area contributed by atoms with Crippen molar-refractivity contribution < 1.29 is 9.84 Å². The summed E-state index contributed by atoms with van der Waals surface area (Å²) in [5.74, 6) is 0. The third-order valence-corrected chi connectivity index (χ3v) is 6.50. The lowest BCUT2D eigenvalue weighted by atomic mass is 10.1. The molecule has 0 aliphatic rings. The molecule has 0 aliphatic heterocycles. The highest BCUT2D eigenvalue weighted by Gasteiger charge is 2.17. The van der Waals surface area contributed by atoms with E-state index in [1.807, 2.05) is 0 Å². The fourth-order valence-corrected chi connectivity index (χ4v) is 3.76. The van der Waals surface area contributed by atoms with Crippen LogP contribution in [0, 0.1) is 0 Å². The predicted molar refractivity (Wildman–Crippen MR) is 116 cm³/mol. The Bertz CT molecular complexity index is 1060. The number of fused-ring (bicyclic) bond motifs is 1. The summed E-state index contributed by atoms with van der Waals surface area (Å²) >= 11 is 6.18. The van der Waals surface area contributed by atoms with Crippen molar-refractivity contribution in [2.45, 2.75) is 45.4 Å². The number of aromatic nitrogens is 5. The Morgan fingerprint density at radius 2 is 2.10 bits per heavy atom. The number of aliphatic hydroxyl groups excluding tert-OH is 1. The zero-order valence-electron chi connectivity index (χ0n) is 17.1. The van der Waals surface area contributed by atoms with Crippen LogP contribution in [-0.2, 0) is 11.5 Å². The van der Waals surface area contributed by atoms with Crippen LogP contribution in [0.2, 0.25) is 30.8 Å². The van der Waals surface area contributed by atoms with Crippen molar-refractivity contribution in [1.82, 2.24) is 24.3 Å². The molecule has 3 heterocycles. The first-order valence-electron chi connectivity index (χ1n) is 9.48. The van der Waals surface area contributed by atoms with Gasteiger partial charge in [0.1, 0.15) is 23.1 Å². The standard InChI is InChI=1S/C19H26ClN5O3Si/c1-13(10-26)25-11-21-18-15(19(25)27)7-16(20)23-17(18)14-8-22-24(9-14)12-28-5-6-29(2,3)4/h7-9,11,13,26H,5-6,10,12H2,1-4H3/t13-/m0/s1. The second-order valence-electron chi connectivity index (χ2n) is 8.29. The van der Waals surface area contributed by atoms with Crippen molar-refractivity contribution in [3.8, 4) is 11.3 Å². The van der Waals surface area contributed by atoms with Crippen molar-refractivity contribution in [3.05, 3.63) is 40.3 Å². The Balaban J connectivity index is 1.89. The number of halogens is 1. The van der Waals surface area contributed by atoms with Gasteiger partial charge in [-0.1, -0.05) is 31.2 Å². The minimum absolute atomic E-state index is 0.163. The molecule has 1 atom stereocenters. The number of hydrogen-bond acceptors (Lipinski definition) is 6. The number of aliphatic hydroxyl groups is 1. The van der Waals surface area contributed by atoms with Crippen LogP contribution in [-0.4, -0.2) is 50.7 Å². The summed E-state index contributed by atoms with van der Waals surface area (Å²) in [5.41, 5.74) is 1.36. The van der Waals surface area contributed by atoms with E-state index in [0.29, 0.717) is 35.5 Å². The second-order valence-corrected chi connectivity index (χ2v) is 14.3. The van der Waals surface area contributed by atoms with Crippen LogP contribution in [0.5, 0.6) is 0 Å². The van der Waals surface area contributed by atoms with Gasteiger partial charge in [0.25, 0.3) is 5.56 Å². The molecule has 0 aromatic carbocycles. The molecule has 3 aromatic rings. The van der Waals surface area contributed by atoms with Crippen molar-refractivity contribution in [1.29, 1.82) is 0 Å². The normalized spacial score (nSPS) is 13.2. The second kappa shape index (κ2) is 8.74. The molecule has 3 rings (SSSR count). The smallest absolute Gasteiger partial charge is 0.261 e. The molecule has 0 unspecified atom stereocenters. The maximum atomic E-state index is 12.8. The maximum Gasteiger partial charge on any atom is 0.261 e. The molecule has 8 nitrogen and oxygen atoms in total. The molecule has 156 valence electrons. The summed E-state index contributed by atoms with van der Waals surface area (Å²) in [6, 6.07) is 2.20. The van der Waals surface area contributed by atoms with Gasteiger partial charge in [-0.05, 0) is 19.0 Å². The van der Waals surface area contributed by atoms with E-state index in [1.54, 1.807) is 24.0 Å². The fraction of sp³-hybridized carbons (Fsp3) is 0.474. The van der Waals surface area contributed by atoms with E-state index >= 15 is 0 Å². The first-order chi connectivity index (χ1) is 13.7. The highest BCUT2D eigenvalue weighted by Crippen LogP contribution is 2.26. The third kappa shape index (κ3) is 5.10. The molecule has 29 heavy (non-hydrogen) atoms. The van der Waals surface area contributed by atoms with Crippen LogP contribution in [0.15, 0.2) is 29.6 Å². The number of pyridine rings is 1. The molecule has 3 aromatic heterocycles. The molecule has 0 saturated heterocycles. The SMILES string of the molecule is C[C@@H](CO)n1cnc2c(-c3cnn(COCC[Si](C)(C)C)c3)nc(Cl)cc2c1=O. The number of ether oxygens (including phenoxy) is 1. The largest absolute Gasteiger partial charge is 0.394 e. The van der Waals surface area contributed by atoms with E-state index in [0.717, 1.165) is 6.04 Å². The Morgan fingerprint density at radius 3 is 2.79 bits per heavy atom. The molecular formula is C19H26ClN5O3Si. The molecule has 0 bridgehead atoms. The van der Waals surface area contributed by atoms with Gasteiger partial charge in [-0.15, -0.1) is 0 Å². The van der Waals surface area contributed by atoms with Gasteiger partial charge in [0.15, 0.2) is 0 Å². The predicted octanol–water partition coefficient (Wildman–Crippen LogP) is 3.17. The van der Waals surface area contributed by atoms with Crippen LogP contribution in [0.3, 0.4) is 0 Å². The fourth-order valence-electron chi connectivity index (χ4n) is 2.81. The van der Waals surface area contributed by atoms with Crippen molar-refractivity contribution in [2.24, 2.45) is 0 Å². The average Bonchev–Trinajstić information content (AvgIpc) is 3.13. The van der Waals surface area contributed by atoms with Gasteiger partial charge >= 0.3 is 0 Å². The molecular weight excluding hydrogens is 410 g/mol. The quantitative estimate of drug-likeness (QED) is 0.331. The van der Waals surface area contributed by atoms with E-state index in [9.17, 15) is 9.90 Å². The average molecular weight is 436 g/mol.